The van der Waals surface area contributed by atoms with Gasteiger partial charge in [-0.3, -0.25) is 0 Å². The summed E-state index contributed by atoms with van der Waals surface area (Å²) in [7, 11) is 0. The molecule has 3 heteroatoms. The Morgan fingerprint density at radius 1 is 1.35 bits per heavy atom. The normalized spacial score (nSPS) is 26.1. The molecule has 1 atom stereocenters. The highest BCUT2D eigenvalue weighted by atomic mass is 32.2. The Morgan fingerprint density at radius 2 is 2.18 bits per heavy atom. The van der Waals surface area contributed by atoms with Crippen molar-refractivity contribution in [2.24, 2.45) is 0 Å². The van der Waals surface area contributed by atoms with E-state index in [2.05, 4.69) is 29.6 Å². The van der Waals surface area contributed by atoms with Crippen LogP contribution in [0.4, 0.5) is 0 Å². The second kappa shape index (κ2) is 4.63. The predicted octanol–water partition coefficient (Wildman–Crippen LogP) is 2.48. The summed E-state index contributed by atoms with van der Waals surface area (Å²) >= 11 is 1.98. The first kappa shape index (κ1) is 11.6. The van der Waals surface area contributed by atoms with Crippen LogP contribution >= 0.6 is 11.8 Å². The first-order chi connectivity index (χ1) is 8.27. The van der Waals surface area contributed by atoms with E-state index in [0.29, 0.717) is 6.04 Å². The van der Waals surface area contributed by atoms with Crippen LogP contribution in [0.5, 0.6) is 0 Å². The number of aliphatic hydroxyl groups is 1. The van der Waals surface area contributed by atoms with Crippen LogP contribution in [-0.4, -0.2) is 23.0 Å². The molecule has 2 aliphatic rings. The van der Waals surface area contributed by atoms with E-state index < -0.39 is 5.60 Å². The summed E-state index contributed by atoms with van der Waals surface area (Å²) in [6.45, 7) is 0.743. The van der Waals surface area contributed by atoms with Crippen molar-refractivity contribution in [3.8, 4) is 0 Å². The van der Waals surface area contributed by atoms with Crippen molar-refractivity contribution < 1.29 is 5.11 Å². The van der Waals surface area contributed by atoms with Gasteiger partial charge in [-0.25, -0.2) is 0 Å². The average Bonchev–Trinajstić information content (AvgIpc) is 2.34. The molecule has 1 unspecified atom stereocenters. The Morgan fingerprint density at radius 3 is 2.94 bits per heavy atom. The fourth-order valence-corrected chi connectivity index (χ4v) is 3.76. The van der Waals surface area contributed by atoms with Crippen LogP contribution in [0.15, 0.2) is 24.3 Å². The van der Waals surface area contributed by atoms with Gasteiger partial charge >= 0.3 is 0 Å². The fourth-order valence-electron chi connectivity index (χ4n) is 2.63. The number of hydrogen-bond donors (Lipinski definition) is 2. The lowest BCUT2D eigenvalue weighted by Crippen LogP contribution is -2.47. The minimum absolute atomic E-state index is 0.412. The Labute approximate surface area is 107 Å². The zero-order valence-electron chi connectivity index (χ0n) is 9.98. The highest BCUT2D eigenvalue weighted by molar-refractivity contribution is 7.98. The highest BCUT2D eigenvalue weighted by Crippen LogP contribution is 2.34. The first-order valence-electron chi connectivity index (χ1n) is 6.38. The molecule has 17 heavy (non-hydrogen) atoms. The van der Waals surface area contributed by atoms with Gasteiger partial charge in [0, 0.05) is 24.1 Å². The molecule has 1 aromatic rings. The lowest BCUT2D eigenvalue weighted by molar-refractivity contribution is -0.0328. The third kappa shape index (κ3) is 2.37. The fraction of sp³-hybridized carbons (Fsp3) is 0.571. The maximum atomic E-state index is 10.1. The van der Waals surface area contributed by atoms with E-state index >= 15 is 0 Å². The SMILES string of the molecule is OC1(CNC2CSCc3ccccc32)CCC1. The van der Waals surface area contributed by atoms with Crippen LogP contribution in [0.3, 0.4) is 0 Å². The molecule has 1 aromatic carbocycles. The van der Waals surface area contributed by atoms with E-state index in [1.54, 1.807) is 0 Å². The number of hydrogen-bond acceptors (Lipinski definition) is 3. The molecule has 0 aromatic heterocycles. The molecule has 2 N–H and O–H groups in total. The minimum atomic E-state index is -0.420. The Bertz CT molecular complexity index is 403. The summed E-state index contributed by atoms with van der Waals surface area (Å²) in [5.74, 6) is 2.24. The van der Waals surface area contributed by atoms with Crippen molar-refractivity contribution in [3.05, 3.63) is 35.4 Å². The quantitative estimate of drug-likeness (QED) is 0.863. The molecule has 1 saturated carbocycles. The van der Waals surface area contributed by atoms with E-state index in [9.17, 15) is 5.11 Å². The van der Waals surface area contributed by atoms with Gasteiger partial charge in [0.25, 0.3) is 0 Å². The molecule has 0 radical (unpaired) electrons. The van der Waals surface area contributed by atoms with Gasteiger partial charge in [0.2, 0.25) is 0 Å². The van der Waals surface area contributed by atoms with Gasteiger partial charge < -0.3 is 10.4 Å². The molecule has 0 amide bonds. The van der Waals surface area contributed by atoms with E-state index in [4.69, 9.17) is 0 Å². The summed E-state index contributed by atoms with van der Waals surface area (Å²) in [4.78, 5) is 0. The van der Waals surface area contributed by atoms with Crippen molar-refractivity contribution in [2.75, 3.05) is 12.3 Å². The molecule has 0 saturated heterocycles. The maximum absolute atomic E-state index is 10.1. The van der Waals surface area contributed by atoms with E-state index in [0.717, 1.165) is 30.9 Å². The van der Waals surface area contributed by atoms with Gasteiger partial charge in [0.15, 0.2) is 0 Å². The Kier molecular flexibility index (Phi) is 3.16. The van der Waals surface area contributed by atoms with Crippen molar-refractivity contribution in [1.82, 2.24) is 5.32 Å². The van der Waals surface area contributed by atoms with Gasteiger partial charge in [-0.15, -0.1) is 0 Å². The molecule has 1 fully saturated rings. The molecule has 0 spiro atoms. The first-order valence-corrected chi connectivity index (χ1v) is 7.54. The third-order valence-electron chi connectivity index (χ3n) is 3.93. The number of rotatable bonds is 3. The number of benzene rings is 1. The molecule has 2 nitrogen and oxygen atoms in total. The minimum Gasteiger partial charge on any atom is -0.389 e. The summed E-state index contributed by atoms with van der Waals surface area (Å²) < 4.78 is 0. The van der Waals surface area contributed by atoms with Gasteiger partial charge in [-0.1, -0.05) is 24.3 Å². The second-order valence-electron chi connectivity index (χ2n) is 5.23. The van der Waals surface area contributed by atoms with Gasteiger partial charge in [0.05, 0.1) is 5.60 Å². The molecule has 92 valence electrons. The van der Waals surface area contributed by atoms with Crippen LogP contribution in [0.2, 0.25) is 0 Å². The maximum Gasteiger partial charge on any atom is 0.0771 e. The Hall–Kier alpha value is -0.510. The third-order valence-corrected chi connectivity index (χ3v) is 5.02. The smallest absolute Gasteiger partial charge is 0.0771 e. The van der Waals surface area contributed by atoms with E-state index in [1.807, 2.05) is 11.8 Å². The van der Waals surface area contributed by atoms with Gasteiger partial charge in [-0.05, 0) is 30.4 Å². The van der Waals surface area contributed by atoms with Gasteiger partial charge in [0.1, 0.15) is 0 Å². The molecule has 3 rings (SSSR count). The lowest BCUT2D eigenvalue weighted by atomic mass is 9.80. The molecule has 1 aliphatic heterocycles. The number of nitrogens with one attached hydrogen (secondary N) is 1. The van der Waals surface area contributed by atoms with Crippen LogP contribution in [0.1, 0.15) is 36.4 Å². The molecular weight excluding hydrogens is 230 g/mol. The average molecular weight is 249 g/mol. The van der Waals surface area contributed by atoms with Gasteiger partial charge in [-0.2, -0.15) is 11.8 Å². The largest absolute Gasteiger partial charge is 0.389 e. The topological polar surface area (TPSA) is 32.3 Å². The molecule has 1 aliphatic carbocycles. The summed E-state index contributed by atoms with van der Waals surface area (Å²) in [6.07, 6.45) is 3.09. The van der Waals surface area contributed by atoms with Crippen LogP contribution in [-0.2, 0) is 5.75 Å². The van der Waals surface area contributed by atoms with E-state index in [-0.39, 0.29) is 0 Å². The van der Waals surface area contributed by atoms with Crippen LogP contribution in [0.25, 0.3) is 0 Å². The van der Waals surface area contributed by atoms with Crippen molar-refractivity contribution in [3.63, 3.8) is 0 Å². The van der Waals surface area contributed by atoms with Crippen LogP contribution in [0, 0.1) is 0 Å². The number of fused-ring (bicyclic) bond motifs is 1. The van der Waals surface area contributed by atoms with Crippen LogP contribution < -0.4 is 5.32 Å². The lowest BCUT2D eigenvalue weighted by Gasteiger charge is -2.38. The summed E-state index contributed by atoms with van der Waals surface area (Å²) in [6, 6.07) is 9.07. The molecule has 0 bridgehead atoms. The Balaban J connectivity index is 1.68. The van der Waals surface area contributed by atoms with Crippen molar-refractivity contribution >= 4 is 11.8 Å². The molecule has 1 heterocycles. The standard InChI is InChI=1S/C14H19NOS/c16-14(6-3-7-14)10-15-13-9-17-8-11-4-1-2-5-12(11)13/h1-2,4-5,13,15-16H,3,6-10H2. The zero-order valence-corrected chi connectivity index (χ0v) is 10.8. The molecular formula is C14H19NOS. The van der Waals surface area contributed by atoms with Crippen molar-refractivity contribution in [1.29, 1.82) is 0 Å². The monoisotopic (exact) mass is 249 g/mol. The summed E-state index contributed by atoms with van der Waals surface area (Å²) in [5.41, 5.74) is 2.45. The predicted molar refractivity (Wildman–Crippen MR) is 72.1 cm³/mol. The van der Waals surface area contributed by atoms with E-state index in [1.165, 1.54) is 17.5 Å². The summed E-state index contributed by atoms with van der Waals surface area (Å²) in [5, 5.41) is 13.7. The second-order valence-corrected chi connectivity index (χ2v) is 6.26. The zero-order chi connectivity index (χ0) is 11.7. The highest BCUT2D eigenvalue weighted by Gasteiger charge is 2.35. The number of thioether (sulfide) groups is 1. The van der Waals surface area contributed by atoms with Crippen molar-refractivity contribution in [2.45, 2.75) is 36.7 Å².